The first-order valence-corrected chi connectivity index (χ1v) is 6.35. The third-order valence-corrected chi connectivity index (χ3v) is 3.19. The number of nitrogens with zero attached hydrogens (tertiary/aromatic N) is 1. The summed E-state index contributed by atoms with van der Waals surface area (Å²) in [4.78, 5) is 2.60. The van der Waals surface area contributed by atoms with Crippen molar-refractivity contribution in [1.29, 1.82) is 0 Å². The Labute approximate surface area is 94.2 Å². The summed E-state index contributed by atoms with van der Waals surface area (Å²) in [5, 5.41) is 3.19. The lowest BCUT2D eigenvalue weighted by atomic mass is 10.1. The van der Waals surface area contributed by atoms with Crippen LogP contribution in [0.15, 0.2) is 0 Å². The summed E-state index contributed by atoms with van der Waals surface area (Å²) >= 11 is 0. The Morgan fingerprint density at radius 3 is 2.93 bits per heavy atom. The van der Waals surface area contributed by atoms with E-state index in [4.69, 9.17) is 4.74 Å². The van der Waals surface area contributed by atoms with E-state index in [0.717, 1.165) is 26.3 Å². The molecule has 0 aromatic rings. The molecule has 1 unspecified atom stereocenters. The van der Waals surface area contributed by atoms with Crippen molar-refractivity contribution >= 4 is 0 Å². The molecule has 0 aliphatic carbocycles. The minimum Gasteiger partial charge on any atom is -0.378 e. The van der Waals surface area contributed by atoms with Crippen molar-refractivity contribution in [3.05, 3.63) is 0 Å². The van der Waals surface area contributed by atoms with Crippen molar-refractivity contribution < 1.29 is 4.74 Å². The minimum atomic E-state index is 0.669. The zero-order valence-corrected chi connectivity index (χ0v) is 10.3. The van der Waals surface area contributed by atoms with Gasteiger partial charge in [0.05, 0.1) is 13.2 Å². The largest absolute Gasteiger partial charge is 0.378 e. The van der Waals surface area contributed by atoms with Crippen molar-refractivity contribution in [2.45, 2.75) is 38.6 Å². The van der Waals surface area contributed by atoms with Gasteiger partial charge in [0.25, 0.3) is 0 Å². The fourth-order valence-electron chi connectivity index (χ4n) is 2.15. The molecule has 3 nitrogen and oxygen atoms in total. The van der Waals surface area contributed by atoms with Crippen LogP contribution in [0.4, 0.5) is 0 Å². The number of nitrogens with one attached hydrogen (secondary N) is 1. The van der Waals surface area contributed by atoms with Crippen LogP contribution < -0.4 is 5.32 Å². The lowest BCUT2D eigenvalue weighted by molar-refractivity contribution is -0.00915. The van der Waals surface area contributed by atoms with E-state index in [1.165, 1.54) is 32.2 Å². The SMILES string of the molecule is CCC1COCCN1CCCCCNC. The van der Waals surface area contributed by atoms with Crippen LogP contribution in [-0.2, 0) is 4.74 Å². The fourth-order valence-corrected chi connectivity index (χ4v) is 2.15. The molecule has 1 N–H and O–H groups in total. The van der Waals surface area contributed by atoms with Crippen LogP contribution in [0.3, 0.4) is 0 Å². The second-order valence-electron chi connectivity index (χ2n) is 4.34. The maximum absolute atomic E-state index is 5.50. The van der Waals surface area contributed by atoms with Gasteiger partial charge in [0.2, 0.25) is 0 Å². The van der Waals surface area contributed by atoms with Gasteiger partial charge >= 0.3 is 0 Å². The second-order valence-corrected chi connectivity index (χ2v) is 4.34. The Hall–Kier alpha value is -0.120. The first-order valence-electron chi connectivity index (χ1n) is 6.35. The maximum atomic E-state index is 5.50. The topological polar surface area (TPSA) is 24.5 Å². The summed E-state index contributed by atoms with van der Waals surface area (Å²) in [6, 6.07) is 0.669. The lowest BCUT2D eigenvalue weighted by Gasteiger charge is -2.35. The molecule has 1 aliphatic rings. The minimum absolute atomic E-state index is 0.669. The van der Waals surface area contributed by atoms with Crippen LogP contribution in [0.1, 0.15) is 32.6 Å². The molecule has 0 spiro atoms. The van der Waals surface area contributed by atoms with Crippen LogP contribution in [-0.4, -0.2) is 50.8 Å². The third-order valence-electron chi connectivity index (χ3n) is 3.19. The Kier molecular flexibility index (Phi) is 6.98. The van der Waals surface area contributed by atoms with Crippen molar-refractivity contribution in [1.82, 2.24) is 10.2 Å². The summed E-state index contributed by atoms with van der Waals surface area (Å²) in [6.45, 7) is 7.66. The second kappa shape index (κ2) is 8.08. The monoisotopic (exact) mass is 214 g/mol. The van der Waals surface area contributed by atoms with Crippen LogP contribution in [0, 0.1) is 0 Å². The molecular formula is C12H26N2O. The maximum Gasteiger partial charge on any atom is 0.0622 e. The van der Waals surface area contributed by atoms with Gasteiger partial charge in [-0.3, -0.25) is 4.90 Å². The number of ether oxygens (including phenoxy) is 1. The first-order chi connectivity index (χ1) is 7.38. The molecule has 1 fully saturated rings. The van der Waals surface area contributed by atoms with E-state index in [9.17, 15) is 0 Å². The molecule has 1 heterocycles. The van der Waals surface area contributed by atoms with Gasteiger partial charge < -0.3 is 10.1 Å². The zero-order valence-electron chi connectivity index (χ0n) is 10.3. The fraction of sp³-hybridized carbons (Fsp3) is 1.00. The molecule has 1 rings (SSSR count). The quantitative estimate of drug-likeness (QED) is 0.650. The molecule has 1 aliphatic heterocycles. The Balaban J connectivity index is 2.07. The normalized spacial score (nSPS) is 23.2. The van der Waals surface area contributed by atoms with E-state index in [1.807, 2.05) is 7.05 Å². The van der Waals surface area contributed by atoms with Crippen molar-refractivity contribution in [3.63, 3.8) is 0 Å². The number of hydrogen-bond donors (Lipinski definition) is 1. The van der Waals surface area contributed by atoms with E-state index >= 15 is 0 Å². The molecule has 0 amide bonds. The summed E-state index contributed by atoms with van der Waals surface area (Å²) in [7, 11) is 2.02. The molecule has 1 saturated heterocycles. The van der Waals surface area contributed by atoms with Crippen LogP contribution in [0.2, 0.25) is 0 Å². The van der Waals surface area contributed by atoms with E-state index in [-0.39, 0.29) is 0 Å². The van der Waals surface area contributed by atoms with Gasteiger partial charge in [0.15, 0.2) is 0 Å². The number of morpholine rings is 1. The summed E-state index contributed by atoms with van der Waals surface area (Å²) in [5.41, 5.74) is 0. The van der Waals surface area contributed by atoms with E-state index < -0.39 is 0 Å². The molecule has 3 heteroatoms. The number of hydrogen-bond acceptors (Lipinski definition) is 3. The average Bonchev–Trinajstić information content (AvgIpc) is 2.29. The number of rotatable bonds is 7. The summed E-state index contributed by atoms with van der Waals surface area (Å²) < 4.78 is 5.50. The van der Waals surface area contributed by atoms with E-state index in [2.05, 4.69) is 17.1 Å². The highest BCUT2D eigenvalue weighted by atomic mass is 16.5. The van der Waals surface area contributed by atoms with Gasteiger partial charge in [0.1, 0.15) is 0 Å². The highest BCUT2D eigenvalue weighted by Gasteiger charge is 2.20. The average molecular weight is 214 g/mol. The van der Waals surface area contributed by atoms with Gasteiger partial charge in [0, 0.05) is 12.6 Å². The van der Waals surface area contributed by atoms with Crippen molar-refractivity contribution in [3.8, 4) is 0 Å². The smallest absolute Gasteiger partial charge is 0.0622 e. The van der Waals surface area contributed by atoms with Gasteiger partial charge in [-0.2, -0.15) is 0 Å². The lowest BCUT2D eigenvalue weighted by Crippen LogP contribution is -2.45. The molecule has 0 aromatic carbocycles. The highest BCUT2D eigenvalue weighted by molar-refractivity contribution is 4.73. The van der Waals surface area contributed by atoms with Crippen LogP contribution in [0.5, 0.6) is 0 Å². The number of unbranched alkanes of at least 4 members (excludes halogenated alkanes) is 2. The van der Waals surface area contributed by atoms with Gasteiger partial charge in [-0.1, -0.05) is 13.3 Å². The van der Waals surface area contributed by atoms with E-state index in [0.29, 0.717) is 6.04 Å². The van der Waals surface area contributed by atoms with E-state index in [1.54, 1.807) is 0 Å². The first kappa shape index (κ1) is 12.9. The molecule has 90 valence electrons. The molecular weight excluding hydrogens is 188 g/mol. The molecule has 0 saturated carbocycles. The van der Waals surface area contributed by atoms with Crippen molar-refractivity contribution in [2.75, 3.05) is 39.9 Å². The third kappa shape index (κ3) is 4.96. The molecule has 0 radical (unpaired) electrons. The van der Waals surface area contributed by atoms with Crippen molar-refractivity contribution in [2.24, 2.45) is 0 Å². The predicted octanol–water partition coefficient (Wildman–Crippen LogP) is 1.49. The Bertz CT molecular complexity index is 153. The van der Waals surface area contributed by atoms with Gasteiger partial charge in [-0.05, 0) is 39.4 Å². The van der Waals surface area contributed by atoms with Gasteiger partial charge in [-0.15, -0.1) is 0 Å². The Morgan fingerprint density at radius 1 is 1.33 bits per heavy atom. The standard InChI is InChI=1S/C12H26N2O/c1-3-12-11-15-10-9-14(12)8-6-4-5-7-13-2/h12-13H,3-11H2,1-2H3. The van der Waals surface area contributed by atoms with Crippen LogP contribution >= 0.6 is 0 Å². The van der Waals surface area contributed by atoms with Gasteiger partial charge in [-0.25, -0.2) is 0 Å². The molecule has 15 heavy (non-hydrogen) atoms. The zero-order chi connectivity index (χ0) is 10.9. The van der Waals surface area contributed by atoms with Crippen LogP contribution in [0.25, 0.3) is 0 Å². The molecule has 0 aromatic heterocycles. The Morgan fingerprint density at radius 2 is 2.20 bits per heavy atom. The molecule has 0 bridgehead atoms. The summed E-state index contributed by atoms with van der Waals surface area (Å²) in [5.74, 6) is 0. The summed E-state index contributed by atoms with van der Waals surface area (Å²) in [6.07, 6.45) is 5.20. The molecule has 1 atom stereocenters. The predicted molar refractivity (Wildman–Crippen MR) is 64.2 cm³/mol. The highest BCUT2D eigenvalue weighted by Crippen LogP contribution is 2.11.